The number of aryl methyl sites for hydroxylation is 1. The number of fused-ring (bicyclic) bond motifs is 3. The average Bonchev–Trinajstić information content (AvgIpc) is 3.24. The summed E-state index contributed by atoms with van der Waals surface area (Å²) < 4.78 is 1.48. The molecular weight excluding hydrogens is 438 g/mol. The van der Waals surface area contributed by atoms with Crippen LogP contribution in [0.1, 0.15) is 27.0 Å². The highest BCUT2D eigenvalue weighted by molar-refractivity contribution is 6.05. The molecule has 1 amide bonds. The molecule has 0 atom stereocenters. The second-order valence-corrected chi connectivity index (χ2v) is 8.23. The number of hydrogen-bond donors (Lipinski definition) is 2. The van der Waals surface area contributed by atoms with Crippen molar-refractivity contribution in [1.29, 1.82) is 5.26 Å². The van der Waals surface area contributed by atoms with Crippen molar-refractivity contribution in [1.82, 2.24) is 9.38 Å². The second-order valence-electron chi connectivity index (χ2n) is 8.23. The Morgan fingerprint density at radius 3 is 2.54 bits per heavy atom. The van der Waals surface area contributed by atoms with E-state index in [0.717, 1.165) is 5.56 Å². The number of nitriles is 1. The Kier molecular flexibility index (Phi) is 5.47. The third-order valence-corrected chi connectivity index (χ3v) is 6.00. The molecule has 0 unspecified atom stereocenters. The van der Waals surface area contributed by atoms with E-state index in [4.69, 9.17) is 0 Å². The molecule has 5 aromatic rings. The molecule has 7 heteroatoms. The molecule has 170 valence electrons. The van der Waals surface area contributed by atoms with E-state index in [1.807, 2.05) is 61.5 Å². The van der Waals surface area contributed by atoms with Gasteiger partial charge in [-0.25, -0.2) is 4.98 Å². The highest BCUT2D eigenvalue weighted by atomic mass is 16.1. The van der Waals surface area contributed by atoms with Crippen LogP contribution in [0.15, 0.2) is 77.6 Å². The number of imidazole rings is 1. The van der Waals surface area contributed by atoms with Crippen LogP contribution in [0.5, 0.6) is 0 Å². The van der Waals surface area contributed by atoms with Gasteiger partial charge >= 0.3 is 0 Å². The number of anilines is 2. The zero-order valence-corrected chi connectivity index (χ0v) is 19.2. The Bertz CT molecular complexity index is 1780. The van der Waals surface area contributed by atoms with Gasteiger partial charge in [0, 0.05) is 23.1 Å². The summed E-state index contributed by atoms with van der Waals surface area (Å²) in [6.45, 7) is 3.63. The molecule has 2 aromatic heterocycles. The molecule has 0 aliphatic carbocycles. The van der Waals surface area contributed by atoms with E-state index >= 15 is 0 Å². The van der Waals surface area contributed by atoms with Gasteiger partial charge in [-0.15, -0.1) is 0 Å². The maximum absolute atomic E-state index is 13.4. The van der Waals surface area contributed by atoms with Crippen LogP contribution in [0.3, 0.4) is 0 Å². The van der Waals surface area contributed by atoms with E-state index < -0.39 is 0 Å². The van der Waals surface area contributed by atoms with Gasteiger partial charge in [0.1, 0.15) is 6.07 Å². The molecule has 0 fully saturated rings. The Morgan fingerprint density at radius 1 is 1.00 bits per heavy atom. The highest BCUT2D eigenvalue weighted by Gasteiger charge is 2.16. The Hall–Kier alpha value is -4.96. The van der Waals surface area contributed by atoms with Crippen molar-refractivity contribution >= 4 is 40.2 Å². The van der Waals surface area contributed by atoms with E-state index in [-0.39, 0.29) is 11.5 Å². The molecule has 5 rings (SSSR count). The molecule has 0 spiro atoms. The zero-order chi connectivity index (χ0) is 24.5. The number of benzene rings is 3. The van der Waals surface area contributed by atoms with Gasteiger partial charge < -0.3 is 10.6 Å². The van der Waals surface area contributed by atoms with Crippen LogP contribution in [0.2, 0.25) is 0 Å². The normalized spacial score (nSPS) is 11.5. The molecule has 0 saturated heterocycles. The first-order chi connectivity index (χ1) is 17.0. The van der Waals surface area contributed by atoms with Crippen LogP contribution in [-0.4, -0.2) is 15.3 Å². The van der Waals surface area contributed by atoms with Crippen molar-refractivity contribution in [2.75, 3.05) is 10.6 Å². The minimum absolute atomic E-state index is 0.196. The van der Waals surface area contributed by atoms with Gasteiger partial charge in [0.05, 0.1) is 21.8 Å². The summed E-state index contributed by atoms with van der Waals surface area (Å²) in [5.74, 6) is -0.196. The second kappa shape index (κ2) is 8.76. The fourth-order valence-corrected chi connectivity index (χ4v) is 4.15. The molecule has 0 aliphatic heterocycles. The summed E-state index contributed by atoms with van der Waals surface area (Å²) in [5, 5.41) is 16.2. The standard InChI is InChI=1S/C28H21N5O2/c1-17-8-3-4-11-21(17)27(34)31-20-10-7-9-19(14-20)30-16-23-18(2)22(15-29)26-32-24-12-5-6-13-25(24)33(26)28(23)35/h3-14,16,30H,1-2H3,(H,31,34)/b23-16-. The van der Waals surface area contributed by atoms with Crippen LogP contribution >= 0.6 is 0 Å². The van der Waals surface area contributed by atoms with Crippen LogP contribution in [0, 0.1) is 25.2 Å². The lowest BCUT2D eigenvalue weighted by molar-refractivity contribution is 0.102. The first kappa shape index (κ1) is 21.9. The van der Waals surface area contributed by atoms with E-state index in [1.54, 1.807) is 31.3 Å². The SMILES string of the molecule is Cc1ccccc1C(=O)Nc1cccc(N/C=c2/c(C)c(C#N)c3nc4ccccc4n3c2=O)c1. The summed E-state index contributed by atoms with van der Waals surface area (Å²) in [5.41, 5.74) is 5.10. The third-order valence-electron chi connectivity index (χ3n) is 6.00. The van der Waals surface area contributed by atoms with Crippen LogP contribution < -0.4 is 21.4 Å². The number of nitrogens with zero attached hydrogens (tertiary/aromatic N) is 3. The Labute approximate surface area is 201 Å². The molecule has 0 bridgehead atoms. The number of pyridine rings is 1. The van der Waals surface area contributed by atoms with E-state index in [2.05, 4.69) is 21.7 Å². The monoisotopic (exact) mass is 459 g/mol. The molecule has 0 radical (unpaired) electrons. The summed E-state index contributed by atoms with van der Waals surface area (Å²) in [6.07, 6.45) is 1.59. The topological polar surface area (TPSA) is 99.3 Å². The molecule has 35 heavy (non-hydrogen) atoms. The fraction of sp³-hybridized carbons (Fsp3) is 0.0714. The lowest BCUT2D eigenvalue weighted by atomic mass is 10.1. The van der Waals surface area contributed by atoms with Crippen molar-refractivity contribution in [2.24, 2.45) is 0 Å². The van der Waals surface area contributed by atoms with Gasteiger partial charge in [0.15, 0.2) is 5.65 Å². The Balaban J connectivity index is 1.52. The van der Waals surface area contributed by atoms with Gasteiger partial charge in [0.2, 0.25) is 0 Å². The maximum Gasteiger partial charge on any atom is 0.265 e. The lowest BCUT2D eigenvalue weighted by Gasteiger charge is -2.09. The quantitative estimate of drug-likeness (QED) is 0.421. The lowest BCUT2D eigenvalue weighted by Crippen LogP contribution is -2.34. The molecule has 2 N–H and O–H groups in total. The number of aromatic nitrogens is 2. The van der Waals surface area contributed by atoms with Gasteiger partial charge in [-0.1, -0.05) is 36.4 Å². The van der Waals surface area contributed by atoms with Gasteiger partial charge in [0.25, 0.3) is 11.5 Å². The molecule has 0 saturated carbocycles. The Morgan fingerprint density at radius 2 is 1.74 bits per heavy atom. The summed E-state index contributed by atoms with van der Waals surface area (Å²) >= 11 is 0. The fourth-order valence-electron chi connectivity index (χ4n) is 4.15. The number of rotatable bonds is 4. The minimum atomic E-state index is -0.262. The number of hydrogen-bond acceptors (Lipinski definition) is 5. The van der Waals surface area contributed by atoms with Crippen molar-refractivity contribution < 1.29 is 4.79 Å². The van der Waals surface area contributed by atoms with Gasteiger partial charge in [-0.05, 0) is 61.4 Å². The van der Waals surface area contributed by atoms with Crippen molar-refractivity contribution in [3.05, 3.63) is 111 Å². The highest BCUT2D eigenvalue weighted by Crippen LogP contribution is 2.19. The van der Waals surface area contributed by atoms with Crippen LogP contribution in [0.4, 0.5) is 11.4 Å². The number of para-hydroxylation sites is 2. The first-order valence-corrected chi connectivity index (χ1v) is 11.1. The van der Waals surface area contributed by atoms with Crippen molar-refractivity contribution in [3.63, 3.8) is 0 Å². The first-order valence-electron chi connectivity index (χ1n) is 11.1. The van der Waals surface area contributed by atoms with E-state index in [0.29, 0.717) is 50.0 Å². The van der Waals surface area contributed by atoms with Gasteiger partial charge in [-0.3, -0.25) is 14.0 Å². The molecule has 0 aliphatic rings. The smallest absolute Gasteiger partial charge is 0.265 e. The minimum Gasteiger partial charge on any atom is -0.361 e. The number of nitrogens with one attached hydrogen (secondary N) is 2. The number of carbonyl (C=O) groups is 1. The molecule has 3 aromatic carbocycles. The zero-order valence-electron chi connectivity index (χ0n) is 19.2. The van der Waals surface area contributed by atoms with Crippen LogP contribution in [0.25, 0.3) is 22.9 Å². The van der Waals surface area contributed by atoms with E-state index in [9.17, 15) is 14.9 Å². The number of amides is 1. The predicted octanol–water partition coefficient (Wildman–Crippen LogP) is 4.16. The summed E-state index contributed by atoms with van der Waals surface area (Å²) in [4.78, 5) is 30.6. The molecular formula is C28H21N5O2. The maximum atomic E-state index is 13.4. The van der Waals surface area contributed by atoms with E-state index in [1.165, 1.54) is 4.40 Å². The molecule has 2 heterocycles. The van der Waals surface area contributed by atoms with Crippen LogP contribution in [-0.2, 0) is 0 Å². The number of carbonyl (C=O) groups excluding carboxylic acids is 1. The summed E-state index contributed by atoms with van der Waals surface area (Å²) in [7, 11) is 0. The largest absolute Gasteiger partial charge is 0.361 e. The van der Waals surface area contributed by atoms with Crippen molar-refractivity contribution in [2.45, 2.75) is 13.8 Å². The average molecular weight is 460 g/mol. The predicted molar refractivity (Wildman–Crippen MR) is 137 cm³/mol. The third kappa shape index (κ3) is 3.87. The molecule has 7 nitrogen and oxygen atoms in total. The summed E-state index contributed by atoms with van der Waals surface area (Å²) in [6, 6.07) is 24.1. The van der Waals surface area contributed by atoms with Gasteiger partial charge in [-0.2, -0.15) is 5.26 Å². The van der Waals surface area contributed by atoms with Crippen molar-refractivity contribution in [3.8, 4) is 6.07 Å².